The van der Waals surface area contributed by atoms with E-state index in [1.165, 1.54) is 11.8 Å². The zero-order valence-corrected chi connectivity index (χ0v) is 17.0. The van der Waals surface area contributed by atoms with Gasteiger partial charge in [-0.25, -0.2) is 9.97 Å². The molecule has 2 aromatic rings. The van der Waals surface area contributed by atoms with E-state index in [0.29, 0.717) is 11.3 Å². The van der Waals surface area contributed by atoms with E-state index in [4.69, 9.17) is 4.98 Å². The van der Waals surface area contributed by atoms with Crippen molar-refractivity contribution in [3.05, 3.63) is 63.8 Å². The summed E-state index contributed by atoms with van der Waals surface area (Å²) in [6, 6.07) is 12.5. The Kier molecular flexibility index (Phi) is 5.36. The second-order valence-electron chi connectivity index (χ2n) is 7.33. The number of thioether (sulfide) groups is 1. The Morgan fingerprint density at radius 2 is 2.00 bits per heavy atom. The van der Waals surface area contributed by atoms with E-state index in [9.17, 15) is 5.26 Å². The number of benzene rings is 1. The molecule has 1 N–H and O–H groups in total. The number of hydrogen-bond acceptors (Lipinski definition) is 6. The Hall–Kier alpha value is -2.78. The standard InChI is InChI=1S/C22H23N5S/c1-15-8-10-27(11-9-15)22-24-13-16(2)20(26-22)18(12-23)21-25-19(14-28-21)17-6-4-3-5-7-17/h3-7,13-15,25H,8-11H2,1-2H3/b21-18-. The van der Waals surface area contributed by atoms with E-state index in [1.807, 2.05) is 36.7 Å². The number of nitrogens with zero attached hydrogens (tertiary/aromatic N) is 4. The number of aryl methyl sites for hydroxylation is 1. The molecule has 1 aromatic heterocycles. The van der Waals surface area contributed by atoms with Gasteiger partial charge in [0.25, 0.3) is 0 Å². The third-order valence-electron chi connectivity index (χ3n) is 5.23. The molecule has 0 atom stereocenters. The molecule has 6 heteroatoms. The molecular formula is C22H23N5S. The minimum Gasteiger partial charge on any atom is -0.348 e. The molecule has 0 saturated carbocycles. The maximum absolute atomic E-state index is 9.90. The van der Waals surface area contributed by atoms with E-state index in [1.54, 1.807) is 0 Å². The van der Waals surface area contributed by atoms with Gasteiger partial charge in [-0.15, -0.1) is 0 Å². The molecule has 3 heterocycles. The third kappa shape index (κ3) is 3.76. The molecule has 1 saturated heterocycles. The normalized spacial score (nSPS) is 19.0. The van der Waals surface area contributed by atoms with Gasteiger partial charge < -0.3 is 10.2 Å². The van der Waals surface area contributed by atoms with Crippen molar-refractivity contribution in [1.82, 2.24) is 15.3 Å². The first kappa shape index (κ1) is 18.6. The largest absolute Gasteiger partial charge is 0.348 e. The number of hydrogen-bond donors (Lipinski definition) is 1. The van der Waals surface area contributed by atoms with Crippen molar-refractivity contribution in [2.24, 2.45) is 5.92 Å². The monoisotopic (exact) mass is 389 g/mol. The molecule has 5 nitrogen and oxygen atoms in total. The van der Waals surface area contributed by atoms with Crippen LogP contribution in [0, 0.1) is 24.2 Å². The molecular weight excluding hydrogens is 366 g/mol. The van der Waals surface area contributed by atoms with E-state index < -0.39 is 0 Å². The SMILES string of the molecule is Cc1cnc(N2CCC(C)CC2)nc1/C(C#N)=C1/NC(c2ccccc2)=CS1. The molecule has 2 aliphatic heterocycles. The Balaban J connectivity index is 1.63. The van der Waals surface area contributed by atoms with Crippen LogP contribution in [0.5, 0.6) is 0 Å². The van der Waals surface area contributed by atoms with Crippen LogP contribution in [-0.4, -0.2) is 23.1 Å². The van der Waals surface area contributed by atoms with Crippen LogP contribution in [0.1, 0.15) is 36.6 Å². The van der Waals surface area contributed by atoms with E-state index in [2.05, 4.69) is 40.3 Å². The van der Waals surface area contributed by atoms with Gasteiger partial charge in [0.15, 0.2) is 0 Å². The molecule has 4 rings (SSSR count). The van der Waals surface area contributed by atoms with Crippen LogP contribution in [0.4, 0.5) is 5.95 Å². The van der Waals surface area contributed by atoms with Crippen molar-refractivity contribution >= 4 is 29.0 Å². The fourth-order valence-electron chi connectivity index (χ4n) is 3.44. The molecule has 28 heavy (non-hydrogen) atoms. The second-order valence-corrected chi connectivity index (χ2v) is 8.21. The Morgan fingerprint density at radius 1 is 1.25 bits per heavy atom. The van der Waals surface area contributed by atoms with Crippen LogP contribution in [0.2, 0.25) is 0 Å². The minimum absolute atomic E-state index is 0.568. The lowest BCUT2D eigenvalue weighted by molar-refractivity contribution is 0.434. The van der Waals surface area contributed by atoms with Gasteiger partial charge in [-0.3, -0.25) is 0 Å². The summed E-state index contributed by atoms with van der Waals surface area (Å²) >= 11 is 1.53. The molecule has 0 radical (unpaired) electrons. The smallest absolute Gasteiger partial charge is 0.225 e. The van der Waals surface area contributed by atoms with Crippen molar-refractivity contribution in [3.63, 3.8) is 0 Å². The summed E-state index contributed by atoms with van der Waals surface area (Å²) in [5.41, 5.74) is 4.30. The number of rotatable bonds is 3. The van der Waals surface area contributed by atoms with Crippen molar-refractivity contribution in [2.45, 2.75) is 26.7 Å². The van der Waals surface area contributed by atoms with Crippen molar-refractivity contribution in [2.75, 3.05) is 18.0 Å². The highest BCUT2D eigenvalue weighted by Gasteiger charge is 2.22. The summed E-state index contributed by atoms with van der Waals surface area (Å²) in [5.74, 6) is 1.47. The highest BCUT2D eigenvalue weighted by molar-refractivity contribution is 8.06. The van der Waals surface area contributed by atoms with Gasteiger partial charge in [-0.1, -0.05) is 49.0 Å². The fraction of sp³-hybridized carbons (Fsp3) is 0.318. The summed E-state index contributed by atoms with van der Waals surface area (Å²) in [7, 11) is 0. The van der Waals surface area contributed by atoms with Crippen LogP contribution < -0.4 is 10.2 Å². The summed E-state index contributed by atoms with van der Waals surface area (Å²) in [5, 5.41) is 16.2. The number of allylic oxidation sites excluding steroid dienone is 1. The lowest BCUT2D eigenvalue weighted by Crippen LogP contribution is -2.34. The number of aromatic nitrogens is 2. The summed E-state index contributed by atoms with van der Waals surface area (Å²) < 4.78 is 0. The van der Waals surface area contributed by atoms with Gasteiger partial charge in [0.05, 0.1) is 16.4 Å². The minimum atomic E-state index is 0.568. The first-order valence-electron chi connectivity index (χ1n) is 9.58. The highest BCUT2D eigenvalue weighted by Crippen LogP contribution is 2.35. The molecule has 0 amide bonds. The van der Waals surface area contributed by atoms with Gasteiger partial charge in [-0.05, 0) is 36.8 Å². The summed E-state index contributed by atoms with van der Waals surface area (Å²) in [6.07, 6.45) is 4.14. The van der Waals surface area contributed by atoms with Gasteiger partial charge in [0.1, 0.15) is 11.6 Å². The summed E-state index contributed by atoms with van der Waals surface area (Å²) in [6.45, 7) is 6.18. The Morgan fingerprint density at radius 3 is 2.71 bits per heavy atom. The van der Waals surface area contributed by atoms with Crippen LogP contribution in [0.25, 0.3) is 11.3 Å². The van der Waals surface area contributed by atoms with E-state index in [0.717, 1.165) is 59.7 Å². The van der Waals surface area contributed by atoms with Crippen molar-refractivity contribution in [1.29, 1.82) is 5.26 Å². The molecule has 2 aliphatic rings. The molecule has 0 unspecified atom stereocenters. The van der Waals surface area contributed by atoms with Crippen LogP contribution in [-0.2, 0) is 0 Å². The van der Waals surface area contributed by atoms with Gasteiger partial charge in [-0.2, -0.15) is 5.26 Å². The van der Waals surface area contributed by atoms with Gasteiger partial charge in [0, 0.05) is 24.7 Å². The molecule has 1 fully saturated rings. The van der Waals surface area contributed by atoms with Crippen LogP contribution in [0.15, 0.2) is 47.0 Å². The lowest BCUT2D eigenvalue weighted by atomic mass is 10.00. The summed E-state index contributed by atoms with van der Waals surface area (Å²) in [4.78, 5) is 11.6. The average molecular weight is 390 g/mol. The van der Waals surface area contributed by atoms with E-state index in [-0.39, 0.29) is 0 Å². The molecule has 0 bridgehead atoms. The predicted octanol–water partition coefficient (Wildman–Crippen LogP) is 4.55. The molecule has 142 valence electrons. The third-order valence-corrected chi connectivity index (χ3v) is 6.12. The maximum Gasteiger partial charge on any atom is 0.225 e. The lowest BCUT2D eigenvalue weighted by Gasteiger charge is -2.30. The Bertz CT molecular complexity index is 966. The van der Waals surface area contributed by atoms with Gasteiger partial charge in [0.2, 0.25) is 5.95 Å². The molecule has 1 aromatic carbocycles. The predicted molar refractivity (Wildman–Crippen MR) is 115 cm³/mol. The van der Waals surface area contributed by atoms with Gasteiger partial charge >= 0.3 is 0 Å². The average Bonchev–Trinajstić information content (AvgIpc) is 3.21. The van der Waals surface area contributed by atoms with Crippen molar-refractivity contribution in [3.8, 4) is 6.07 Å². The first-order chi connectivity index (χ1) is 13.7. The zero-order valence-electron chi connectivity index (χ0n) is 16.1. The second kappa shape index (κ2) is 8.07. The highest BCUT2D eigenvalue weighted by atomic mass is 32.2. The number of nitriles is 1. The zero-order chi connectivity index (χ0) is 19.5. The number of piperidine rings is 1. The van der Waals surface area contributed by atoms with E-state index >= 15 is 0 Å². The van der Waals surface area contributed by atoms with Crippen LogP contribution in [0.3, 0.4) is 0 Å². The first-order valence-corrected chi connectivity index (χ1v) is 10.5. The maximum atomic E-state index is 9.90. The number of nitrogens with one attached hydrogen (secondary N) is 1. The van der Waals surface area contributed by atoms with Crippen molar-refractivity contribution < 1.29 is 0 Å². The quantitative estimate of drug-likeness (QED) is 0.777. The fourth-order valence-corrected chi connectivity index (χ4v) is 4.30. The molecule has 0 aliphatic carbocycles. The van der Waals surface area contributed by atoms with Crippen LogP contribution >= 0.6 is 11.8 Å². The molecule has 0 spiro atoms. The Labute approximate surface area is 170 Å². The number of anilines is 1. The topological polar surface area (TPSA) is 64.8 Å².